The summed E-state index contributed by atoms with van der Waals surface area (Å²) in [4.78, 5) is 15.0. The minimum Gasteiger partial charge on any atom is -0.480 e. The van der Waals surface area contributed by atoms with Gasteiger partial charge >= 0.3 is 5.97 Å². The normalized spacial score (nSPS) is 8.93. The monoisotopic (exact) mass is 191 g/mol. The van der Waals surface area contributed by atoms with E-state index in [9.17, 15) is 4.79 Å². The number of ether oxygens (including phenoxy) is 2. The number of methoxy groups -OCH3 is 2. The molecule has 14 heavy (non-hydrogen) atoms. The van der Waals surface area contributed by atoms with Gasteiger partial charge in [-0.05, 0) is 6.07 Å². The van der Waals surface area contributed by atoms with E-state index in [2.05, 4.69) is 15.6 Å². The van der Waals surface area contributed by atoms with Crippen molar-refractivity contribution in [2.24, 2.45) is 0 Å². The van der Waals surface area contributed by atoms with Gasteiger partial charge in [0.2, 0.25) is 5.88 Å². The molecule has 1 rings (SSSR count). The van der Waals surface area contributed by atoms with Crippen molar-refractivity contribution in [1.29, 1.82) is 0 Å². The standard InChI is InChI=1S/C10H9NO3/c1-4-7-5-8(10(12)14-3)6-11-9(7)13-2/h1,5-6H,2-3H3. The third-order valence-corrected chi connectivity index (χ3v) is 1.62. The predicted molar refractivity (Wildman–Crippen MR) is 50.1 cm³/mol. The molecular formula is C10H9NO3. The summed E-state index contributed by atoms with van der Waals surface area (Å²) >= 11 is 0. The minimum absolute atomic E-state index is 0.307. The summed E-state index contributed by atoms with van der Waals surface area (Å²) in [5.74, 6) is 2.21. The van der Waals surface area contributed by atoms with Crippen LogP contribution < -0.4 is 4.74 Å². The second kappa shape index (κ2) is 4.28. The number of rotatable bonds is 2. The van der Waals surface area contributed by atoms with E-state index < -0.39 is 5.97 Å². The van der Waals surface area contributed by atoms with Crippen LogP contribution in [0.25, 0.3) is 0 Å². The number of hydrogen-bond donors (Lipinski definition) is 0. The number of carbonyl (C=O) groups excluding carboxylic acids is 1. The van der Waals surface area contributed by atoms with Gasteiger partial charge in [0.05, 0.1) is 25.3 Å². The third kappa shape index (κ3) is 1.83. The van der Waals surface area contributed by atoms with Gasteiger partial charge in [-0.25, -0.2) is 9.78 Å². The van der Waals surface area contributed by atoms with Crippen molar-refractivity contribution < 1.29 is 14.3 Å². The Morgan fingerprint density at radius 3 is 2.79 bits per heavy atom. The topological polar surface area (TPSA) is 48.4 Å². The Balaban J connectivity index is 3.15. The maximum atomic E-state index is 11.1. The highest BCUT2D eigenvalue weighted by molar-refractivity contribution is 5.89. The lowest BCUT2D eigenvalue weighted by molar-refractivity contribution is 0.0600. The van der Waals surface area contributed by atoms with Gasteiger partial charge < -0.3 is 9.47 Å². The highest BCUT2D eigenvalue weighted by atomic mass is 16.5. The van der Waals surface area contributed by atoms with Gasteiger partial charge in [-0.3, -0.25) is 0 Å². The van der Waals surface area contributed by atoms with Gasteiger partial charge in [-0.1, -0.05) is 5.92 Å². The van der Waals surface area contributed by atoms with Crippen LogP contribution in [0.5, 0.6) is 5.88 Å². The molecule has 1 heterocycles. The number of pyridine rings is 1. The summed E-state index contributed by atoms with van der Waals surface area (Å²) in [7, 11) is 2.75. The van der Waals surface area contributed by atoms with Crippen LogP contribution in [-0.2, 0) is 4.74 Å². The van der Waals surface area contributed by atoms with E-state index in [1.54, 1.807) is 0 Å². The van der Waals surface area contributed by atoms with Crippen molar-refractivity contribution in [1.82, 2.24) is 4.98 Å². The largest absolute Gasteiger partial charge is 0.480 e. The van der Waals surface area contributed by atoms with E-state index in [1.807, 2.05) is 0 Å². The Hall–Kier alpha value is -2.02. The summed E-state index contributed by atoms with van der Waals surface area (Å²) in [5.41, 5.74) is 0.733. The van der Waals surface area contributed by atoms with Crippen molar-refractivity contribution in [2.45, 2.75) is 0 Å². The van der Waals surface area contributed by atoms with Crippen molar-refractivity contribution in [2.75, 3.05) is 14.2 Å². The summed E-state index contributed by atoms with van der Waals surface area (Å²) in [6, 6.07) is 1.50. The molecule has 0 radical (unpaired) electrons. The smallest absolute Gasteiger partial charge is 0.339 e. The van der Waals surface area contributed by atoms with E-state index in [0.717, 1.165) is 0 Å². The van der Waals surface area contributed by atoms with Gasteiger partial charge in [-0.2, -0.15) is 0 Å². The van der Waals surface area contributed by atoms with Crippen LogP contribution in [-0.4, -0.2) is 25.2 Å². The van der Waals surface area contributed by atoms with Gasteiger partial charge in [0, 0.05) is 6.20 Å². The molecular weight excluding hydrogens is 182 g/mol. The fraction of sp³-hybridized carbons (Fsp3) is 0.200. The summed E-state index contributed by atoms with van der Waals surface area (Å²) < 4.78 is 9.42. The lowest BCUT2D eigenvalue weighted by Crippen LogP contribution is -2.03. The molecule has 0 aromatic carbocycles. The number of carbonyl (C=O) groups is 1. The quantitative estimate of drug-likeness (QED) is 0.513. The maximum Gasteiger partial charge on any atom is 0.339 e. The molecule has 0 aliphatic carbocycles. The minimum atomic E-state index is -0.475. The first-order valence-corrected chi connectivity index (χ1v) is 3.82. The van der Waals surface area contributed by atoms with Crippen molar-refractivity contribution in [3.05, 3.63) is 23.4 Å². The Morgan fingerprint density at radius 2 is 2.29 bits per heavy atom. The van der Waals surface area contributed by atoms with E-state index in [-0.39, 0.29) is 0 Å². The zero-order valence-electron chi connectivity index (χ0n) is 7.90. The predicted octanol–water partition coefficient (Wildman–Crippen LogP) is 0.858. The average molecular weight is 191 g/mol. The molecule has 0 spiro atoms. The fourth-order valence-electron chi connectivity index (χ4n) is 0.948. The Labute approximate surface area is 81.9 Å². The highest BCUT2D eigenvalue weighted by Gasteiger charge is 2.09. The molecule has 0 saturated carbocycles. The van der Waals surface area contributed by atoms with Crippen LogP contribution in [0.1, 0.15) is 15.9 Å². The SMILES string of the molecule is C#Cc1cc(C(=O)OC)cnc1OC. The Bertz CT molecular complexity index is 393. The van der Waals surface area contributed by atoms with Gasteiger partial charge in [-0.15, -0.1) is 6.42 Å². The highest BCUT2D eigenvalue weighted by Crippen LogP contribution is 2.15. The van der Waals surface area contributed by atoms with E-state index in [1.165, 1.54) is 26.5 Å². The Morgan fingerprint density at radius 1 is 1.57 bits per heavy atom. The fourth-order valence-corrected chi connectivity index (χ4v) is 0.948. The molecule has 1 aromatic heterocycles. The first-order valence-electron chi connectivity index (χ1n) is 3.82. The van der Waals surface area contributed by atoms with Crippen molar-refractivity contribution in [3.8, 4) is 18.2 Å². The molecule has 0 amide bonds. The van der Waals surface area contributed by atoms with Gasteiger partial charge in [0.15, 0.2) is 0 Å². The van der Waals surface area contributed by atoms with Crippen LogP contribution in [0, 0.1) is 12.3 Å². The molecule has 0 bridgehead atoms. The van der Waals surface area contributed by atoms with Gasteiger partial charge in [0.25, 0.3) is 0 Å². The number of esters is 1. The zero-order chi connectivity index (χ0) is 10.6. The first-order chi connectivity index (χ1) is 6.72. The molecule has 72 valence electrons. The molecule has 0 N–H and O–H groups in total. The molecule has 0 aliphatic rings. The second-order valence-corrected chi connectivity index (χ2v) is 2.42. The van der Waals surface area contributed by atoms with Crippen molar-refractivity contribution in [3.63, 3.8) is 0 Å². The molecule has 1 aromatic rings. The second-order valence-electron chi connectivity index (χ2n) is 2.42. The summed E-state index contributed by atoms with van der Waals surface area (Å²) in [6.07, 6.45) is 6.57. The van der Waals surface area contributed by atoms with Gasteiger partial charge in [0.1, 0.15) is 0 Å². The molecule has 0 fully saturated rings. The molecule has 0 saturated heterocycles. The third-order valence-electron chi connectivity index (χ3n) is 1.62. The van der Waals surface area contributed by atoms with Crippen LogP contribution >= 0.6 is 0 Å². The summed E-state index contributed by atoms with van der Waals surface area (Å²) in [5, 5.41) is 0. The molecule has 4 nitrogen and oxygen atoms in total. The molecule has 0 atom stereocenters. The Kier molecular flexibility index (Phi) is 3.08. The van der Waals surface area contributed by atoms with Crippen LogP contribution in [0.4, 0.5) is 0 Å². The van der Waals surface area contributed by atoms with E-state index in [0.29, 0.717) is 17.0 Å². The molecule has 0 aliphatic heterocycles. The lowest BCUT2D eigenvalue weighted by atomic mass is 10.2. The molecule has 0 unspecified atom stereocenters. The van der Waals surface area contributed by atoms with E-state index >= 15 is 0 Å². The first kappa shape index (κ1) is 10.1. The van der Waals surface area contributed by atoms with Crippen LogP contribution in [0.15, 0.2) is 12.3 Å². The maximum absolute atomic E-state index is 11.1. The van der Waals surface area contributed by atoms with Crippen LogP contribution in [0.3, 0.4) is 0 Å². The number of terminal acetylenes is 1. The average Bonchev–Trinajstić information content (AvgIpc) is 2.26. The van der Waals surface area contributed by atoms with Crippen molar-refractivity contribution >= 4 is 5.97 Å². The van der Waals surface area contributed by atoms with Crippen LogP contribution in [0.2, 0.25) is 0 Å². The number of hydrogen-bond acceptors (Lipinski definition) is 4. The summed E-state index contributed by atoms with van der Waals surface area (Å²) in [6.45, 7) is 0. The zero-order valence-corrected chi connectivity index (χ0v) is 7.90. The molecule has 4 heteroatoms. The lowest BCUT2D eigenvalue weighted by Gasteiger charge is -2.03. The number of nitrogens with zero attached hydrogens (tertiary/aromatic N) is 1. The van der Waals surface area contributed by atoms with E-state index in [4.69, 9.17) is 11.2 Å². The number of aromatic nitrogens is 1.